The molecule has 0 saturated heterocycles. The molecule has 0 nitrogen and oxygen atoms in total. The van der Waals surface area contributed by atoms with Gasteiger partial charge in [-0.1, -0.05) is 56.9 Å². The number of hydrogen-bond donors (Lipinski definition) is 0. The van der Waals surface area contributed by atoms with Crippen molar-refractivity contribution in [2.75, 3.05) is 0 Å². The number of rotatable bonds is 6. The Kier molecular flexibility index (Phi) is 6.73. The molecule has 1 atom stereocenters. The third-order valence-electron chi connectivity index (χ3n) is 6.91. The number of benzene rings is 1. The van der Waals surface area contributed by atoms with Crippen molar-refractivity contribution in [2.24, 2.45) is 17.8 Å². The maximum Gasteiger partial charge on any atom is 0.126 e. The van der Waals surface area contributed by atoms with E-state index in [1.54, 1.807) is 11.6 Å². The minimum absolute atomic E-state index is 0.0274. The van der Waals surface area contributed by atoms with Gasteiger partial charge in [0.1, 0.15) is 5.82 Å². The first-order valence-corrected chi connectivity index (χ1v) is 10.6. The van der Waals surface area contributed by atoms with E-state index in [1.165, 1.54) is 51.4 Å². The summed E-state index contributed by atoms with van der Waals surface area (Å²) in [6, 6.07) is 5.82. The highest BCUT2D eigenvalue weighted by atomic mass is 19.1. The topological polar surface area (TPSA) is 0 Å². The molecule has 25 heavy (non-hydrogen) atoms. The molecule has 2 aliphatic carbocycles. The highest BCUT2D eigenvalue weighted by Gasteiger charge is 2.27. The lowest BCUT2D eigenvalue weighted by molar-refractivity contribution is 0.189. The van der Waals surface area contributed by atoms with Crippen molar-refractivity contribution >= 4 is 0 Å². The minimum Gasteiger partial charge on any atom is -0.207 e. The molecule has 0 spiro atoms. The Bertz CT molecular complexity index is 578. The molecule has 0 N–H and O–H groups in total. The van der Waals surface area contributed by atoms with E-state index >= 15 is 0 Å². The summed E-state index contributed by atoms with van der Waals surface area (Å²) in [5.74, 6) is 2.89. The van der Waals surface area contributed by atoms with Gasteiger partial charge in [-0.2, -0.15) is 0 Å². The molecule has 1 heteroatoms. The summed E-state index contributed by atoms with van der Waals surface area (Å²) in [4.78, 5) is 0. The summed E-state index contributed by atoms with van der Waals surface area (Å²) < 4.78 is 13.9. The average molecular weight is 343 g/mol. The smallest absolute Gasteiger partial charge is 0.126 e. The third-order valence-corrected chi connectivity index (χ3v) is 6.91. The number of aryl methyl sites for hydroxylation is 2. The highest BCUT2D eigenvalue weighted by molar-refractivity contribution is 5.25. The lowest BCUT2D eigenvalue weighted by atomic mass is 9.71. The fourth-order valence-corrected chi connectivity index (χ4v) is 4.97. The largest absolute Gasteiger partial charge is 0.207 e. The molecule has 0 bridgehead atoms. The van der Waals surface area contributed by atoms with Gasteiger partial charge in [0.15, 0.2) is 0 Å². The van der Waals surface area contributed by atoms with Gasteiger partial charge in [-0.3, -0.25) is 0 Å². The SMILES string of the molecule is CCc1ccc(CCC2=CCC([C@H]3CC[C@H](CC)CC3)CC2)cc1F. The first kappa shape index (κ1) is 18.7. The van der Waals surface area contributed by atoms with Gasteiger partial charge in [0, 0.05) is 0 Å². The number of allylic oxidation sites excluding steroid dienone is 2. The molecule has 0 aromatic heterocycles. The summed E-state index contributed by atoms with van der Waals surface area (Å²) >= 11 is 0. The molecule has 3 rings (SSSR count). The number of hydrogen-bond acceptors (Lipinski definition) is 0. The zero-order valence-electron chi connectivity index (χ0n) is 16.2. The van der Waals surface area contributed by atoms with Gasteiger partial charge in [0.25, 0.3) is 0 Å². The van der Waals surface area contributed by atoms with Crippen LogP contribution in [0.25, 0.3) is 0 Å². The maximum atomic E-state index is 13.9. The van der Waals surface area contributed by atoms with Crippen LogP contribution in [0.5, 0.6) is 0 Å². The quantitative estimate of drug-likeness (QED) is 0.477. The molecule has 0 aliphatic heterocycles. The first-order valence-electron chi connectivity index (χ1n) is 10.6. The van der Waals surface area contributed by atoms with Crippen molar-refractivity contribution in [3.05, 3.63) is 46.8 Å². The molecule has 1 aromatic rings. The maximum absolute atomic E-state index is 13.9. The van der Waals surface area contributed by atoms with Gasteiger partial charge in [-0.15, -0.1) is 0 Å². The zero-order chi connectivity index (χ0) is 17.6. The van der Waals surface area contributed by atoms with Crippen molar-refractivity contribution in [3.8, 4) is 0 Å². The second-order valence-electron chi connectivity index (χ2n) is 8.37. The van der Waals surface area contributed by atoms with E-state index in [0.29, 0.717) is 0 Å². The lowest BCUT2D eigenvalue weighted by Crippen LogP contribution is -2.23. The Labute approximate surface area is 153 Å². The van der Waals surface area contributed by atoms with Crippen LogP contribution < -0.4 is 0 Å². The fraction of sp³-hybridized carbons (Fsp3) is 0.667. The Morgan fingerprint density at radius 2 is 1.76 bits per heavy atom. The van der Waals surface area contributed by atoms with Crippen LogP contribution in [0.4, 0.5) is 4.39 Å². The molecule has 1 fully saturated rings. The van der Waals surface area contributed by atoms with Crippen LogP contribution >= 0.6 is 0 Å². The minimum atomic E-state index is -0.0274. The normalized spacial score (nSPS) is 27.2. The van der Waals surface area contributed by atoms with Crippen molar-refractivity contribution in [1.82, 2.24) is 0 Å². The van der Waals surface area contributed by atoms with Crippen LogP contribution in [0.1, 0.15) is 82.8 Å². The second-order valence-corrected chi connectivity index (χ2v) is 8.37. The summed E-state index contributed by atoms with van der Waals surface area (Å²) in [6.45, 7) is 4.36. The number of halogens is 1. The van der Waals surface area contributed by atoms with E-state index in [0.717, 1.165) is 48.1 Å². The first-order chi connectivity index (χ1) is 12.2. The van der Waals surface area contributed by atoms with Gasteiger partial charge >= 0.3 is 0 Å². The summed E-state index contributed by atoms with van der Waals surface area (Å²) in [5.41, 5.74) is 3.59. The van der Waals surface area contributed by atoms with Crippen LogP contribution in [0.3, 0.4) is 0 Å². The van der Waals surface area contributed by atoms with Crippen LogP contribution in [0, 0.1) is 23.6 Å². The Balaban J connectivity index is 1.46. The second kappa shape index (κ2) is 9.01. The molecule has 1 aromatic carbocycles. The molecular weight excluding hydrogens is 307 g/mol. The molecule has 0 radical (unpaired) electrons. The van der Waals surface area contributed by atoms with E-state index in [1.807, 2.05) is 13.0 Å². The summed E-state index contributed by atoms with van der Waals surface area (Å²) in [5, 5.41) is 0. The van der Waals surface area contributed by atoms with E-state index in [9.17, 15) is 4.39 Å². The monoisotopic (exact) mass is 342 g/mol. The summed E-state index contributed by atoms with van der Waals surface area (Å²) in [6.07, 6.45) is 16.6. The molecule has 1 unspecified atom stereocenters. The predicted octanol–water partition coefficient (Wildman–Crippen LogP) is 7.26. The Hall–Kier alpha value is -1.11. The van der Waals surface area contributed by atoms with Gasteiger partial charge in [0.05, 0.1) is 0 Å². The predicted molar refractivity (Wildman–Crippen MR) is 105 cm³/mol. The van der Waals surface area contributed by atoms with Crippen molar-refractivity contribution in [3.63, 3.8) is 0 Å². The van der Waals surface area contributed by atoms with E-state index in [-0.39, 0.29) is 5.82 Å². The summed E-state index contributed by atoms with van der Waals surface area (Å²) in [7, 11) is 0. The molecular formula is C24H35F. The molecule has 138 valence electrons. The van der Waals surface area contributed by atoms with Gasteiger partial charge < -0.3 is 0 Å². The van der Waals surface area contributed by atoms with Crippen molar-refractivity contribution < 1.29 is 4.39 Å². The van der Waals surface area contributed by atoms with E-state index in [4.69, 9.17) is 0 Å². The van der Waals surface area contributed by atoms with Gasteiger partial charge in [-0.25, -0.2) is 4.39 Å². The van der Waals surface area contributed by atoms with Gasteiger partial charge in [0.2, 0.25) is 0 Å². The van der Waals surface area contributed by atoms with Crippen molar-refractivity contribution in [1.29, 1.82) is 0 Å². The molecule has 0 heterocycles. The van der Waals surface area contributed by atoms with Gasteiger partial charge in [-0.05, 0) is 86.3 Å². The average Bonchev–Trinajstić information content (AvgIpc) is 2.67. The lowest BCUT2D eigenvalue weighted by Gasteiger charge is -2.35. The third kappa shape index (κ3) is 4.96. The Morgan fingerprint density at radius 1 is 0.960 bits per heavy atom. The zero-order valence-corrected chi connectivity index (χ0v) is 16.2. The van der Waals surface area contributed by atoms with Crippen LogP contribution in [0.2, 0.25) is 0 Å². The van der Waals surface area contributed by atoms with Crippen LogP contribution in [-0.4, -0.2) is 0 Å². The van der Waals surface area contributed by atoms with E-state index in [2.05, 4.69) is 19.1 Å². The molecule has 2 aliphatic rings. The standard InChI is InChI=1S/C24H35F/c1-3-18-7-13-22(14-8-18)23-15-9-19(10-16-23)5-6-20-11-12-21(4-2)24(25)17-20/h9,11-12,17-18,22-23H,3-8,10,13-16H2,1-2H3/t18-,22-,23?. The highest BCUT2D eigenvalue weighted by Crippen LogP contribution is 2.40. The van der Waals surface area contributed by atoms with Crippen molar-refractivity contribution in [2.45, 2.75) is 84.5 Å². The molecule has 1 saturated carbocycles. The van der Waals surface area contributed by atoms with Crippen LogP contribution in [0.15, 0.2) is 29.8 Å². The Morgan fingerprint density at radius 3 is 2.36 bits per heavy atom. The van der Waals surface area contributed by atoms with Crippen LogP contribution in [-0.2, 0) is 12.8 Å². The fourth-order valence-electron chi connectivity index (χ4n) is 4.97. The van der Waals surface area contributed by atoms with E-state index < -0.39 is 0 Å². The molecule has 0 amide bonds.